The average molecular weight is 834 g/mol. The molecule has 9 heteroatoms. The van der Waals surface area contributed by atoms with Crippen LogP contribution < -0.4 is 0 Å². The van der Waals surface area contributed by atoms with Crippen LogP contribution in [0.15, 0.2) is 24.3 Å². The van der Waals surface area contributed by atoms with Crippen molar-refractivity contribution in [1.82, 2.24) is 4.90 Å². The van der Waals surface area contributed by atoms with Gasteiger partial charge in [0.2, 0.25) is 0 Å². The van der Waals surface area contributed by atoms with Crippen LogP contribution in [0.1, 0.15) is 196 Å². The Morgan fingerprint density at radius 1 is 0.542 bits per heavy atom. The number of hydrogen-bond acceptors (Lipinski definition) is 9. The number of piperidine rings is 1. The Hall–Kier alpha value is -2.23. The van der Waals surface area contributed by atoms with E-state index in [9.17, 15) is 14.4 Å². The summed E-state index contributed by atoms with van der Waals surface area (Å²) in [7, 11) is 2.06. The Labute approximate surface area is 362 Å². The number of ether oxygens (including phenoxy) is 5. The number of carbonyl (C=O) groups is 3. The van der Waals surface area contributed by atoms with E-state index in [1.807, 2.05) is 6.92 Å². The Kier molecular flexibility index (Phi) is 33.8. The molecule has 9 nitrogen and oxygen atoms in total. The van der Waals surface area contributed by atoms with Gasteiger partial charge < -0.3 is 28.6 Å². The van der Waals surface area contributed by atoms with Crippen molar-refractivity contribution in [2.45, 2.75) is 202 Å². The van der Waals surface area contributed by atoms with Crippen molar-refractivity contribution in [3.63, 3.8) is 0 Å². The number of likely N-dealkylation sites (tertiary alicyclic amines) is 1. The predicted octanol–water partition coefficient (Wildman–Crippen LogP) is 12.3. The predicted molar refractivity (Wildman–Crippen MR) is 242 cm³/mol. The summed E-state index contributed by atoms with van der Waals surface area (Å²) in [5.74, 6) is -0.390. The molecule has 1 rings (SSSR count). The van der Waals surface area contributed by atoms with Crippen LogP contribution in [0.2, 0.25) is 0 Å². The minimum atomic E-state index is -0.554. The van der Waals surface area contributed by atoms with Crippen LogP contribution in [0.5, 0.6) is 0 Å². The number of nitrogens with zero attached hydrogens (tertiary/aromatic N) is 1. The molecule has 1 saturated heterocycles. The van der Waals surface area contributed by atoms with E-state index in [0.717, 1.165) is 122 Å². The second-order valence-electron chi connectivity index (χ2n) is 17.7. The normalized spacial score (nSPS) is 15.2. The Morgan fingerprint density at radius 2 is 1.02 bits per heavy atom. The zero-order valence-corrected chi connectivity index (χ0v) is 39.3. The van der Waals surface area contributed by atoms with E-state index in [1.165, 1.54) is 25.7 Å². The van der Waals surface area contributed by atoms with Crippen molar-refractivity contribution in [3.05, 3.63) is 24.3 Å². The lowest BCUT2D eigenvalue weighted by Gasteiger charge is -2.36. The lowest BCUT2D eigenvalue weighted by atomic mass is 9.80. The van der Waals surface area contributed by atoms with Gasteiger partial charge in [-0.1, -0.05) is 117 Å². The molecule has 0 spiro atoms. The summed E-state index contributed by atoms with van der Waals surface area (Å²) in [6.07, 6.45) is 32.2. The highest BCUT2D eigenvalue weighted by Gasteiger charge is 2.38. The van der Waals surface area contributed by atoms with Gasteiger partial charge in [0.25, 0.3) is 0 Å². The third kappa shape index (κ3) is 28.8. The number of esters is 3. The largest absolute Gasteiger partial charge is 0.465 e. The number of allylic oxidation sites excluding steroid dienone is 4. The van der Waals surface area contributed by atoms with E-state index < -0.39 is 17.6 Å². The summed E-state index contributed by atoms with van der Waals surface area (Å²) in [5, 5.41) is 0. The van der Waals surface area contributed by atoms with Gasteiger partial charge in [-0.3, -0.25) is 14.4 Å². The van der Waals surface area contributed by atoms with E-state index in [1.54, 1.807) is 0 Å². The minimum absolute atomic E-state index is 0.000926. The lowest BCUT2D eigenvalue weighted by Crippen LogP contribution is -2.42. The van der Waals surface area contributed by atoms with Gasteiger partial charge in [0, 0.05) is 12.8 Å². The van der Waals surface area contributed by atoms with Gasteiger partial charge in [-0.25, -0.2) is 0 Å². The standard InChI is InChI=1S/C50H91NO8/c1-8-13-14-15-16-17-18-19-20-21-22-23-24-25-26-31-46(52)55-40-45(42-59-49(54)50(6)34-36-51(7)37-35-50)41-56-47(53)32-33-48(57-38-43(27-9-2)28-10-3)58-39-44(29-11-4)30-12-5/h16-17,19-20,43-45,48H,8-15,18,21-42H2,1-7H3. The Morgan fingerprint density at radius 3 is 1.54 bits per heavy atom. The first kappa shape index (κ1) is 54.8. The third-order valence-corrected chi connectivity index (χ3v) is 11.7. The van der Waals surface area contributed by atoms with Crippen LogP contribution in [0.3, 0.4) is 0 Å². The molecular formula is C50H91NO8. The van der Waals surface area contributed by atoms with Crippen LogP contribution in [-0.4, -0.2) is 82.3 Å². The molecule has 0 N–H and O–H groups in total. The van der Waals surface area contributed by atoms with Gasteiger partial charge in [0.1, 0.15) is 19.8 Å². The van der Waals surface area contributed by atoms with E-state index in [-0.39, 0.29) is 44.1 Å². The van der Waals surface area contributed by atoms with E-state index in [2.05, 4.69) is 70.9 Å². The molecule has 0 bridgehead atoms. The first-order chi connectivity index (χ1) is 28.6. The SMILES string of the molecule is CCCCCC=CCC=CCCCCCCCC(=O)OCC(COC(=O)CCC(OCC(CCC)CCC)OCC(CCC)CCC)COC(=O)C1(C)CCN(C)CC1. The van der Waals surface area contributed by atoms with Crippen molar-refractivity contribution in [1.29, 1.82) is 0 Å². The van der Waals surface area contributed by atoms with Crippen LogP contribution in [-0.2, 0) is 38.1 Å². The maximum Gasteiger partial charge on any atom is 0.311 e. The molecule has 1 heterocycles. The Bertz CT molecular complexity index is 1070. The molecule has 0 radical (unpaired) electrons. The molecular weight excluding hydrogens is 743 g/mol. The van der Waals surface area contributed by atoms with Gasteiger partial charge >= 0.3 is 17.9 Å². The quantitative estimate of drug-likeness (QED) is 0.0198. The number of rotatable bonds is 38. The monoisotopic (exact) mass is 834 g/mol. The van der Waals surface area contributed by atoms with E-state index in [4.69, 9.17) is 23.7 Å². The second-order valence-corrected chi connectivity index (χ2v) is 17.7. The molecule has 1 aliphatic rings. The fourth-order valence-corrected chi connectivity index (χ4v) is 7.67. The highest BCUT2D eigenvalue weighted by atomic mass is 16.7. The summed E-state index contributed by atoms with van der Waals surface area (Å²) >= 11 is 0. The molecule has 1 aliphatic heterocycles. The van der Waals surface area contributed by atoms with Gasteiger partial charge in [0.15, 0.2) is 6.29 Å². The molecule has 0 amide bonds. The zero-order valence-electron chi connectivity index (χ0n) is 39.3. The fourth-order valence-electron chi connectivity index (χ4n) is 7.67. The first-order valence-electron chi connectivity index (χ1n) is 24.3. The maximum absolute atomic E-state index is 13.2. The van der Waals surface area contributed by atoms with Crippen LogP contribution in [0.25, 0.3) is 0 Å². The van der Waals surface area contributed by atoms with Crippen molar-refractivity contribution >= 4 is 17.9 Å². The molecule has 0 saturated carbocycles. The minimum Gasteiger partial charge on any atom is -0.465 e. The van der Waals surface area contributed by atoms with Crippen molar-refractivity contribution in [2.75, 3.05) is 53.2 Å². The molecule has 1 fully saturated rings. The number of hydrogen-bond donors (Lipinski definition) is 0. The maximum atomic E-state index is 13.2. The van der Waals surface area contributed by atoms with Crippen molar-refractivity contribution < 1.29 is 38.1 Å². The summed E-state index contributed by atoms with van der Waals surface area (Å²) < 4.78 is 29.9. The van der Waals surface area contributed by atoms with Gasteiger partial charge in [-0.2, -0.15) is 0 Å². The molecule has 0 aromatic carbocycles. The highest BCUT2D eigenvalue weighted by molar-refractivity contribution is 5.76. The summed E-state index contributed by atoms with van der Waals surface area (Å²) in [6.45, 7) is 16.0. The van der Waals surface area contributed by atoms with Gasteiger partial charge in [-0.05, 0) is 116 Å². The molecule has 59 heavy (non-hydrogen) atoms. The van der Waals surface area contributed by atoms with Crippen LogP contribution in [0, 0.1) is 23.2 Å². The topological polar surface area (TPSA) is 101 Å². The number of carbonyl (C=O) groups excluding carboxylic acids is 3. The van der Waals surface area contributed by atoms with Crippen LogP contribution in [0.4, 0.5) is 0 Å². The molecule has 0 aromatic rings. The second kappa shape index (κ2) is 36.4. The van der Waals surface area contributed by atoms with E-state index >= 15 is 0 Å². The summed E-state index contributed by atoms with van der Waals surface area (Å²) in [4.78, 5) is 41.4. The third-order valence-electron chi connectivity index (χ3n) is 11.7. The Balaban J connectivity index is 2.66. The van der Waals surface area contributed by atoms with Crippen molar-refractivity contribution in [2.24, 2.45) is 23.2 Å². The van der Waals surface area contributed by atoms with E-state index in [0.29, 0.717) is 37.9 Å². The number of unbranched alkanes of at least 4 members (excludes halogenated alkanes) is 8. The summed E-state index contributed by atoms with van der Waals surface area (Å²) in [6, 6.07) is 0. The van der Waals surface area contributed by atoms with Gasteiger partial charge in [-0.15, -0.1) is 0 Å². The summed E-state index contributed by atoms with van der Waals surface area (Å²) in [5.41, 5.74) is -0.554. The molecule has 344 valence electrons. The lowest BCUT2D eigenvalue weighted by molar-refractivity contribution is -0.170. The smallest absolute Gasteiger partial charge is 0.311 e. The first-order valence-corrected chi connectivity index (χ1v) is 24.3. The highest BCUT2D eigenvalue weighted by Crippen LogP contribution is 2.32. The molecule has 0 aliphatic carbocycles. The van der Waals surface area contributed by atoms with Gasteiger partial charge in [0.05, 0.1) is 31.0 Å². The fraction of sp³-hybridized carbons (Fsp3) is 0.860. The van der Waals surface area contributed by atoms with Crippen LogP contribution >= 0.6 is 0 Å². The molecule has 1 atom stereocenters. The average Bonchev–Trinajstić information content (AvgIpc) is 3.22. The zero-order chi connectivity index (χ0) is 43.4. The van der Waals surface area contributed by atoms with Crippen molar-refractivity contribution in [3.8, 4) is 0 Å². The molecule has 0 aromatic heterocycles. The molecule has 1 unspecified atom stereocenters.